The van der Waals surface area contributed by atoms with E-state index < -0.39 is 5.82 Å². The Balaban J connectivity index is 2.11. The van der Waals surface area contributed by atoms with Crippen molar-refractivity contribution in [3.05, 3.63) is 46.5 Å². The average Bonchev–Trinajstić information content (AvgIpc) is 2.35. The second kappa shape index (κ2) is 5.18. The van der Waals surface area contributed by atoms with Gasteiger partial charge in [0.1, 0.15) is 23.8 Å². The molecule has 0 unspecified atom stereocenters. The van der Waals surface area contributed by atoms with Crippen molar-refractivity contribution in [1.82, 2.24) is 9.97 Å². The maximum absolute atomic E-state index is 13.0. The van der Waals surface area contributed by atoms with Crippen LogP contribution in [0.3, 0.4) is 0 Å². The summed E-state index contributed by atoms with van der Waals surface area (Å²) in [5.41, 5.74) is 7.31. The number of nitrogens with one attached hydrogen (secondary N) is 1. The Morgan fingerprint density at radius 2 is 2.17 bits per heavy atom. The van der Waals surface area contributed by atoms with Crippen molar-refractivity contribution in [3.63, 3.8) is 0 Å². The highest BCUT2D eigenvalue weighted by Gasteiger charge is 2.05. The van der Waals surface area contributed by atoms with Crippen LogP contribution >= 0.6 is 11.6 Å². The topological polar surface area (TPSA) is 63.8 Å². The Bertz CT molecular complexity index is 574. The molecule has 0 saturated carbocycles. The zero-order valence-electron chi connectivity index (χ0n) is 9.74. The second-order valence-corrected chi connectivity index (χ2v) is 4.24. The average molecular weight is 267 g/mol. The number of aromatic nitrogens is 2. The summed E-state index contributed by atoms with van der Waals surface area (Å²) in [5.74, 6) is 0.662. The number of rotatable bonds is 3. The summed E-state index contributed by atoms with van der Waals surface area (Å²) in [7, 11) is 0. The van der Waals surface area contributed by atoms with Gasteiger partial charge in [0.05, 0.1) is 5.02 Å². The molecule has 0 amide bonds. The van der Waals surface area contributed by atoms with E-state index in [-0.39, 0.29) is 5.02 Å². The van der Waals surface area contributed by atoms with E-state index >= 15 is 0 Å². The van der Waals surface area contributed by atoms with Gasteiger partial charge in [-0.15, -0.1) is 0 Å². The Kier molecular flexibility index (Phi) is 3.62. The summed E-state index contributed by atoms with van der Waals surface area (Å²) >= 11 is 5.70. The van der Waals surface area contributed by atoms with E-state index in [9.17, 15) is 4.39 Å². The number of benzene rings is 1. The molecule has 2 rings (SSSR count). The van der Waals surface area contributed by atoms with Crippen LogP contribution in [0.25, 0.3) is 0 Å². The van der Waals surface area contributed by atoms with Crippen LogP contribution in [0, 0.1) is 12.7 Å². The monoisotopic (exact) mass is 266 g/mol. The van der Waals surface area contributed by atoms with Crippen LogP contribution < -0.4 is 11.1 Å². The van der Waals surface area contributed by atoms with Gasteiger partial charge >= 0.3 is 0 Å². The molecule has 0 atom stereocenters. The molecule has 18 heavy (non-hydrogen) atoms. The Morgan fingerprint density at radius 1 is 1.39 bits per heavy atom. The van der Waals surface area contributed by atoms with E-state index in [0.29, 0.717) is 18.2 Å². The first-order valence-corrected chi connectivity index (χ1v) is 5.70. The Morgan fingerprint density at radius 3 is 2.89 bits per heavy atom. The lowest BCUT2D eigenvalue weighted by atomic mass is 10.2. The number of nitrogens with two attached hydrogens (primary N) is 1. The molecule has 94 valence electrons. The van der Waals surface area contributed by atoms with Crippen molar-refractivity contribution < 1.29 is 4.39 Å². The lowest BCUT2D eigenvalue weighted by Gasteiger charge is -2.09. The number of hydrogen-bond donors (Lipinski definition) is 2. The first kappa shape index (κ1) is 12.6. The summed E-state index contributed by atoms with van der Waals surface area (Å²) in [6.45, 7) is 2.31. The minimum Gasteiger partial charge on any atom is -0.383 e. The van der Waals surface area contributed by atoms with Crippen LogP contribution in [0.1, 0.15) is 11.1 Å². The number of hydrogen-bond acceptors (Lipinski definition) is 4. The van der Waals surface area contributed by atoms with Crippen LogP contribution in [0.4, 0.5) is 16.0 Å². The summed E-state index contributed by atoms with van der Waals surface area (Å²) in [5, 5.41) is 3.21. The van der Waals surface area contributed by atoms with Crippen molar-refractivity contribution in [3.8, 4) is 0 Å². The number of nitrogens with zero attached hydrogens (tertiary/aromatic N) is 2. The molecule has 3 N–H and O–H groups in total. The third kappa shape index (κ3) is 2.68. The SMILES string of the molecule is Cc1c(N)ncnc1NCc1ccc(F)c(Cl)c1. The molecule has 0 bridgehead atoms. The Hall–Kier alpha value is -1.88. The zero-order valence-corrected chi connectivity index (χ0v) is 10.5. The van der Waals surface area contributed by atoms with Crippen LogP contribution in [-0.2, 0) is 6.54 Å². The standard InChI is InChI=1S/C12H12ClFN4/c1-7-11(15)17-6-18-12(7)16-5-8-2-3-10(14)9(13)4-8/h2-4,6H,5H2,1H3,(H3,15,16,17,18). The summed E-state index contributed by atoms with van der Waals surface area (Å²) in [4.78, 5) is 7.96. The van der Waals surface area contributed by atoms with Crippen molar-refractivity contribution in [2.75, 3.05) is 11.1 Å². The van der Waals surface area contributed by atoms with E-state index in [1.54, 1.807) is 12.1 Å². The Labute approximate surface area is 109 Å². The minimum absolute atomic E-state index is 0.105. The number of anilines is 2. The summed E-state index contributed by atoms with van der Waals surface area (Å²) in [6, 6.07) is 4.57. The van der Waals surface area contributed by atoms with Gasteiger partial charge in [-0.1, -0.05) is 17.7 Å². The highest BCUT2D eigenvalue weighted by molar-refractivity contribution is 6.30. The molecule has 1 heterocycles. The lowest BCUT2D eigenvalue weighted by molar-refractivity contribution is 0.627. The smallest absolute Gasteiger partial charge is 0.141 e. The maximum atomic E-state index is 13.0. The van der Waals surface area contributed by atoms with Gasteiger partial charge < -0.3 is 11.1 Å². The van der Waals surface area contributed by atoms with Gasteiger partial charge in [0.25, 0.3) is 0 Å². The quantitative estimate of drug-likeness (QED) is 0.897. The highest BCUT2D eigenvalue weighted by Crippen LogP contribution is 2.19. The van der Waals surface area contributed by atoms with Gasteiger partial charge in [0.15, 0.2) is 0 Å². The summed E-state index contributed by atoms with van der Waals surface area (Å²) < 4.78 is 13.0. The fourth-order valence-corrected chi connectivity index (χ4v) is 1.68. The number of nitrogen functional groups attached to an aromatic ring is 1. The third-order valence-corrected chi connectivity index (χ3v) is 2.86. The van der Waals surface area contributed by atoms with E-state index in [2.05, 4.69) is 15.3 Å². The van der Waals surface area contributed by atoms with E-state index in [1.807, 2.05) is 6.92 Å². The molecule has 0 aliphatic carbocycles. The van der Waals surface area contributed by atoms with Crippen molar-refractivity contribution >= 4 is 23.2 Å². The van der Waals surface area contributed by atoms with Crippen molar-refractivity contribution in [2.45, 2.75) is 13.5 Å². The van der Waals surface area contributed by atoms with Gasteiger partial charge in [-0.2, -0.15) is 0 Å². The minimum atomic E-state index is -0.428. The molecule has 0 aliphatic rings. The zero-order chi connectivity index (χ0) is 13.1. The van der Waals surface area contributed by atoms with Gasteiger partial charge in [0, 0.05) is 12.1 Å². The molecule has 6 heteroatoms. The second-order valence-electron chi connectivity index (χ2n) is 3.83. The molecule has 0 aliphatic heterocycles. The normalized spacial score (nSPS) is 10.4. The molecule has 1 aromatic carbocycles. The molecule has 1 aromatic heterocycles. The predicted octanol–water partition coefficient (Wildman–Crippen LogP) is 2.77. The molecule has 0 fully saturated rings. The van der Waals surface area contributed by atoms with Crippen LogP contribution in [0.2, 0.25) is 5.02 Å². The van der Waals surface area contributed by atoms with Gasteiger partial charge in [-0.25, -0.2) is 14.4 Å². The van der Waals surface area contributed by atoms with Crippen LogP contribution in [0.5, 0.6) is 0 Å². The molecule has 0 saturated heterocycles. The van der Waals surface area contributed by atoms with Gasteiger partial charge in [-0.05, 0) is 24.6 Å². The fraction of sp³-hybridized carbons (Fsp3) is 0.167. The number of halogens is 2. The van der Waals surface area contributed by atoms with Gasteiger partial charge in [-0.3, -0.25) is 0 Å². The molecular weight excluding hydrogens is 255 g/mol. The first-order valence-electron chi connectivity index (χ1n) is 5.33. The van der Waals surface area contributed by atoms with E-state index in [0.717, 1.165) is 11.1 Å². The molecule has 0 spiro atoms. The van der Waals surface area contributed by atoms with Crippen LogP contribution in [0.15, 0.2) is 24.5 Å². The molecule has 2 aromatic rings. The predicted molar refractivity (Wildman–Crippen MR) is 69.9 cm³/mol. The van der Waals surface area contributed by atoms with Crippen molar-refractivity contribution in [1.29, 1.82) is 0 Å². The molecule has 4 nitrogen and oxygen atoms in total. The summed E-state index contributed by atoms with van der Waals surface area (Å²) in [6.07, 6.45) is 1.39. The largest absolute Gasteiger partial charge is 0.383 e. The molecular formula is C12H12ClFN4. The molecule has 0 radical (unpaired) electrons. The lowest BCUT2D eigenvalue weighted by Crippen LogP contribution is -2.06. The van der Waals surface area contributed by atoms with E-state index in [1.165, 1.54) is 12.4 Å². The van der Waals surface area contributed by atoms with E-state index in [4.69, 9.17) is 17.3 Å². The first-order chi connectivity index (χ1) is 8.58. The van der Waals surface area contributed by atoms with Gasteiger partial charge in [0.2, 0.25) is 0 Å². The van der Waals surface area contributed by atoms with Crippen molar-refractivity contribution in [2.24, 2.45) is 0 Å². The third-order valence-electron chi connectivity index (χ3n) is 2.57. The van der Waals surface area contributed by atoms with Crippen LogP contribution in [-0.4, -0.2) is 9.97 Å². The maximum Gasteiger partial charge on any atom is 0.141 e. The fourth-order valence-electron chi connectivity index (χ4n) is 1.48. The highest BCUT2D eigenvalue weighted by atomic mass is 35.5.